The zero-order valence-corrected chi connectivity index (χ0v) is 21.1. The minimum atomic E-state index is -4.22. The smallest absolute Gasteiger partial charge is 0.343 e. The van der Waals surface area contributed by atoms with Gasteiger partial charge in [0.2, 0.25) is 0 Å². The molecule has 1 aliphatic carbocycles. The molecule has 192 valence electrons. The summed E-state index contributed by atoms with van der Waals surface area (Å²) in [4.78, 5) is 16.3. The lowest BCUT2D eigenvalue weighted by Crippen LogP contribution is -2.18. The second kappa shape index (κ2) is 11.2. The average molecular weight is 515 g/mol. The number of hydrogen-bond acceptors (Lipinski definition) is 6. The van der Waals surface area contributed by atoms with Gasteiger partial charge in [-0.1, -0.05) is 44.7 Å². The van der Waals surface area contributed by atoms with Crippen LogP contribution in [0.25, 0.3) is 0 Å². The van der Waals surface area contributed by atoms with Gasteiger partial charge in [-0.3, -0.25) is 9.71 Å². The number of aromatic hydroxyl groups is 1. The van der Waals surface area contributed by atoms with E-state index in [1.165, 1.54) is 6.20 Å². The normalized spacial score (nSPS) is 14.9. The number of anilines is 1. The van der Waals surface area contributed by atoms with Crippen LogP contribution in [0, 0.1) is 5.82 Å². The van der Waals surface area contributed by atoms with Gasteiger partial charge in [0.15, 0.2) is 0 Å². The third kappa shape index (κ3) is 5.61. The van der Waals surface area contributed by atoms with Gasteiger partial charge < -0.3 is 9.52 Å². The van der Waals surface area contributed by atoms with Crippen LogP contribution >= 0.6 is 0 Å². The van der Waals surface area contributed by atoms with Crippen molar-refractivity contribution in [3.8, 4) is 5.75 Å². The fourth-order valence-corrected chi connectivity index (χ4v) is 5.88. The molecule has 9 heteroatoms. The fraction of sp³-hybridized carbons (Fsp3) is 0.407. The van der Waals surface area contributed by atoms with Crippen LogP contribution in [0.5, 0.6) is 5.75 Å². The predicted molar refractivity (Wildman–Crippen MR) is 135 cm³/mol. The molecular weight excluding hydrogens is 483 g/mol. The molecule has 0 bridgehead atoms. The lowest BCUT2D eigenvalue weighted by Gasteiger charge is -2.22. The Balaban J connectivity index is 1.74. The number of aryl methyl sites for hydroxylation is 1. The van der Waals surface area contributed by atoms with Crippen molar-refractivity contribution in [1.82, 2.24) is 4.98 Å². The van der Waals surface area contributed by atoms with Crippen LogP contribution in [0.3, 0.4) is 0 Å². The van der Waals surface area contributed by atoms with Crippen molar-refractivity contribution >= 4 is 15.7 Å². The molecule has 1 aliphatic rings. The molecule has 3 aromatic rings. The van der Waals surface area contributed by atoms with Crippen molar-refractivity contribution in [2.45, 2.75) is 75.5 Å². The largest absolute Gasteiger partial charge is 0.507 e. The fourth-order valence-electron chi connectivity index (χ4n) is 4.80. The van der Waals surface area contributed by atoms with Gasteiger partial charge in [-0.15, -0.1) is 0 Å². The summed E-state index contributed by atoms with van der Waals surface area (Å²) < 4.78 is 47.8. The minimum absolute atomic E-state index is 0.00679. The maximum atomic E-state index is 14.1. The Morgan fingerprint density at radius 1 is 1.17 bits per heavy atom. The van der Waals surface area contributed by atoms with Crippen molar-refractivity contribution in [2.24, 2.45) is 0 Å². The number of aromatic nitrogens is 1. The number of hydrogen-bond donors (Lipinski definition) is 2. The molecule has 0 aliphatic heterocycles. The highest BCUT2D eigenvalue weighted by Gasteiger charge is 2.28. The third-order valence-electron chi connectivity index (χ3n) is 6.65. The van der Waals surface area contributed by atoms with Gasteiger partial charge in [0.1, 0.15) is 22.2 Å². The first-order chi connectivity index (χ1) is 17.3. The number of sulfonamides is 1. The predicted octanol–water partition coefficient (Wildman–Crippen LogP) is 5.66. The summed E-state index contributed by atoms with van der Waals surface area (Å²) in [6, 6.07) is 7.60. The molecule has 2 N–H and O–H groups in total. The van der Waals surface area contributed by atoms with Gasteiger partial charge >= 0.3 is 5.63 Å². The van der Waals surface area contributed by atoms with Gasteiger partial charge in [-0.05, 0) is 49.4 Å². The van der Waals surface area contributed by atoms with Gasteiger partial charge in [0.05, 0.1) is 11.8 Å². The Bertz CT molecular complexity index is 1390. The van der Waals surface area contributed by atoms with Gasteiger partial charge in [0, 0.05) is 29.8 Å². The highest BCUT2D eigenvalue weighted by atomic mass is 32.2. The number of benzene rings is 1. The number of rotatable bonds is 8. The summed E-state index contributed by atoms with van der Waals surface area (Å²) in [5.41, 5.74) is 1.23. The standard InChI is InChI=1S/C27H31FN2O5S/c1-2-3-11-20(25-26(31)21-12-6-4-5-7-13-23(21)35-27(25)32)18-9-8-10-19(16-18)30-36(33,34)24-17-29-15-14-22(24)28/h8-10,14-17,20,30-31H,2-7,11-13H2,1H3. The Morgan fingerprint density at radius 3 is 2.69 bits per heavy atom. The second-order valence-corrected chi connectivity index (χ2v) is 10.9. The molecule has 0 amide bonds. The van der Waals surface area contributed by atoms with E-state index < -0.39 is 32.3 Å². The number of nitrogens with zero attached hydrogens (tertiary/aromatic N) is 1. The maximum absolute atomic E-state index is 14.1. The monoisotopic (exact) mass is 514 g/mol. The van der Waals surface area contributed by atoms with Crippen molar-refractivity contribution in [2.75, 3.05) is 4.72 Å². The number of nitrogens with one attached hydrogen (secondary N) is 1. The Labute approximate surface area is 210 Å². The summed E-state index contributed by atoms with van der Waals surface area (Å²) in [6.45, 7) is 2.03. The van der Waals surface area contributed by atoms with Gasteiger partial charge in [-0.25, -0.2) is 17.6 Å². The molecule has 0 saturated carbocycles. The Morgan fingerprint density at radius 2 is 1.94 bits per heavy atom. The summed E-state index contributed by atoms with van der Waals surface area (Å²) in [6.07, 6.45) is 9.58. The molecule has 0 fully saturated rings. The van der Waals surface area contributed by atoms with E-state index >= 15 is 0 Å². The molecular formula is C27H31FN2O5S. The van der Waals surface area contributed by atoms with E-state index in [2.05, 4.69) is 9.71 Å². The Kier molecular flexibility index (Phi) is 8.08. The SMILES string of the molecule is CCCCC(c1cccc(NS(=O)(=O)c2cnccc2F)c1)c1c(O)c2c(oc1=O)CCCCCC2. The van der Waals surface area contributed by atoms with Gasteiger partial charge in [-0.2, -0.15) is 0 Å². The molecule has 4 rings (SSSR count). The highest BCUT2D eigenvalue weighted by molar-refractivity contribution is 7.92. The first-order valence-electron chi connectivity index (χ1n) is 12.4. The van der Waals surface area contributed by atoms with Crippen LogP contribution in [0.15, 0.2) is 56.8 Å². The van der Waals surface area contributed by atoms with E-state index in [9.17, 15) is 22.7 Å². The summed E-state index contributed by atoms with van der Waals surface area (Å²) in [5.74, 6) is -0.836. The number of pyridine rings is 1. The quantitative estimate of drug-likeness (QED) is 0.401. The van der Waals surface area contributed by atoms with Crippen LogP contribution < -0.4 is 10.3 Å². The molecule has 0 saturated heterocycles. The first kappa shape index (κ1) is 25.9. The van der Waals surface area contributed by atoms with E-state index in [4.69, 9.17) is 4.42 Å². The van der Waals surface area contributed by atoms with Crippen LogP contribution in [0.2, 0.25) is 0 Å². The average Bonchev–Trinajstić information content (AvgIpc) is 2.82. The molecule has 0 radical (unpaired) electrons. The molecule has 7 nitrogen and oxygen atoms in total. The summed E-state index contributed by atoms with van der Waals surface area (Å²) in [7, 11) is -4.22. The van der Waals surface area contributed by atoms with E-state index in [1.54, 1.807) is 24.3 Å². The molecule has 1 aromatic carbocycles. The molecule has 2 heterocycles. The van der Waals surface area contributed by atoms with E-state index in [0.717, 1.165) is 50.8 Å². The van der Waals surface area contributed by atoms with E-state index in [1.807, 2.05) is 6.92 Å². The maximum Gasteiger partial charge on any atom is 0.343 e. The topological polar surface area (TPSA) is 110 Å². The van der Waals surface area contributed by atoms with Gasteiger partial charge in [0.25, 0.3) is 10.0 Å². The molecule has 2 aromatic heterocycles. The zero-order valence-electron chi connectivity index (χ0n) is 20.3. The minimum Gasteiger partial charge on any atom is -0.507 e. The van der Waals surface area contributed by atoms with Crippen molar-refractivity contribution < 1.29 is 22.3 Å². The first-order valence-corrected chi connectivity index (χ1v) is 13.9. The highest BCUT2D eigenvalue weighted by Crippen LogP contribution is 2.38. The Hall–Kier alpha value is -3.20. The van der Waals surface area contributed by atoms with Crippen molar-refractivity contribution in [3.63, 3.8) is 0 Å². The lowest BCUT2D eigenvalue weighted by atomic mass is 9.85. The molecule has 0 spiro atoms. The van der Waals surface area contributed by atoms with E-state index in [0.29, 0.717) is 36.1 Å². The number of halogens is 1. The summed E-state index contributed by atoms with van der Waals surface area (Å²) in [5, 5.41) is 11.3. The summed E-state index contributed by atoms with van der Waals surface area (Å²) >= 11 is 0. The van der Waals surface area contributed by atoms with Crippen molar-refractivity contribution in [1.29, 1.82) is 0 Å². The molecule has 36 heavy (non-hydrogen) atoms. The number of unbranched alkanes of at least 4 members (excludes halogenated alkanes) is 1. The van der Waals surface area contributed by atoms with E-state index in [-0.39, 0.29) is 17.0 Å². The van der Waals surface area contributed by atoms with Crippen molar-refractivity contribution in [3.05, 3.63) is 81.4 Å². The van der Waals surface area contributed by atoms with Crippen LogP contribution in [-0.4, -0.2) is 18.5 Å². The van der Waals surface area contributed by atoms with Crippen LogP contribution in [0.4, 0.5) is 10.1 Å². The number of fused-ring (bicyclic) bond motifs is 1. The second-order valence-electron chi connectivity index (χ2n) is 9.20. The molecule has 1 atom stereocenters. The third-order valence-corrected chi connectivity index (χ3v) is 8.04. The lowest BCUT2D eigenvalue weighted by molar-refractivity contribution is 0.382. The van der Waals surface area contributed by atoms with Crippen LogP contribution in [0.1, 0.15) is 80.2 Å². The molecule has 1 unspecified atom stereocenters. The zero-order chi connectivity index (χ0) is 25.7. The van der Waals surface area contributed by atoms with Crippen LogP contribution in [-0.2, 0) is 22.9 Å².